The summed E-state index contributed by atoms with van der Waals surface area (Å²) >= 11 is 0. The second kappa shape index (κ2) is 7.47. The third-order valence-electron chi connectivity index (χ3n) is 7.44. The summed E-state index contributed by atoms with van der Waals surface area (Å²) in [5, 5.41) is 4.03. The molecular formula is C26H26N4O3. The number of nitrogens with zero attached hydrogens (tertiary/aromatic N) is 2. The van der Waals surface area contributed by atoms with Crippen molar-refractivity contribution in [2.24, 2.45) is 0 Å². The minimum absolute atomic E-state index is 0.0299. The number of aromatic amines is 1. The summed E-state index contributed by atoms with van der Waals surface area (Å²) in [5.41, 5.74) is 2.58. The molecule has 0 radical (unpaired) electrons. The van der Waals surface area contributed by atoms with Crippen LogP contribution in [0.2, 0.25) is 0 Å². The standard InChI is InChI=1S/C26H26N4O3/c31-22-16-29-23(26(11-12-26)30(22)13-10-17-6-2-1-3-7-17)24(32)28-21(25(29)33)14-18-15-27-20-9-5-4-8-19(18)20/h1-9,15,21,23,27H,10-14,16H2,(H,28,32)/t21-,23+/m0/s1. The van der Waals surface area contributed by atoms with E-state index in [9.17, 15) is 14.4 Å². The van der Waals surface area contributed by atoms with Crippen molar-refractivity contribution in [2.45, 2.75) is 43.3 Å². The first kappa shape index (κ1) is 20.0. The zero-order chi connectivity index (χ0) is 22.6. The van der Waals surface area contributed by atoms with Crippen molar-refractivity contribution in [1.29, 1.82) is 0 Å². The fourth-order valence-electron chi connectivity index (χ4n) is 5.67. The normalized spacial score (nSPS) is 23.7. The first-order valence-electron chi connectivity index (χ1n) is 11.6. The van der Waals surface area contributed by atoms with Gasteiger partial charge in [0.1, 0.15) is 18.6 Å². The molecule has 33 heavy (non-hydrogen) atoms. The molecule has 168 valence electrons. The van der Waals surface area contributed by atoms with Crippen LogP contribution in [-0.2, 0) is 27.2 Å². The number of carbonyl (C=O) groups excluding carboxylic acids is 3. The van der Waals surface area contributed by atoms with Crippen molar-refractivity contribution in [3.8, 4) is 0 Å². The van der Waals surface area contributed by atoms with Gasteiger partial charge in [-0.05, 0) is 36.5 Å². The summed E-state index contributed by atoms with van der Waals surface area (Å²) in [6.07, 6.45) is 4.53. The highest BCUT2D eigenvalue weighted by Gasteiger charge is 2.65. The van der Waals surface area contributed by atoms with Gasteiger partial charge < -0.3 is 20.1 Å². The molecule has 7 heteroatoms. The lowest BCUT2D eigenvalue weighted by Crippen LogP contribution is -2.75. The average Bonchev–Trinajstić information content (AvgIpc) is 3.49. The molecule has 0 unspecified atom stereocenters. The summed E-state index contributed by atoms with van der Waals surface area (Å²) < 4.78 is 0. The zero-order valence-corrected chi connectivity index (χ0v) is 18.3. The van der Waals surface area contributed by atoms with Crippen LogP contribution in [0.1, 0.15) is 24.0 Å². The topological polar surface area (TPSA) is 85.5 Å². The van der Waals surface area contributed by atoms with Crippen LogP contribution >= 0.6 is 0 Å². The van der Waals surface area contributed by atoms with Gasteiger partial charge in [-0.25, -0.2) is 0 Å². The fourth-order valence-corrected chi connectivity index (χ4v) is 5.67. The van der Waals surface area contributed by atoms with Crippen LogP contribution in [-0.4, -0.2) is 63.2 Å². The summed E-state index contributed by atoms with van der Waals surface area (Å²) in [6, 6.07) is 16.7. The molecule has 3 amide bonds. The van der Waals surface area contributed by atoms with Crippen LogP contribution < -0.4 is 5.32 Å². The van der Waals surface area contributed by atoms with Crippen molar-refractivity contribution < 1.29 is 14.4 Å². The molecule has 0 bridgehead atoms. The van der Waals surface area contributed by atoms with E-state index in [1.165, 1.54) is 0 Å². The van der Waals surface area contributed by atoms with E-state index in [0.29, 0.717) is 13.0 Å². The molecule has 2 atom stereocenters. The maximum absolute atomic E-state index is 13.4. The molecule has 3 fully saturated rings. The van der Waals surface area contributed by atoms with E-state index in [-0.39, 0.29) is 24.3 Å². The molecule has 2 aromatic carbocycles. The van der Waals surface area contributed by atoms with Gasteiger partial charge in [-0.1, -0.05) is 48.5 Å². The van der Waals surface area contributed by atoms with Crippen molar-refractivity contribution in [2.75, 3.05) is 13.1 Å². The number of hydrogen-bond donors (Lipinski definition) is 2. The fraction of sp³-hybridized carbons (Fsp3) is 0.346. The quantitative estimate of drug-likeness (QED) is 0.634. The Labute approximate surface area is 191 Å². The number of piperazine rings is 2. The summed E-state index contributed by atoms with van der Waals surface area (Å²) in [4.78, 5) is 46.6. The van der Waals surface area contributed by atoms with Gasteiger partial charge in [0, 0.05) is 30.1 Å². The Bertz CT molecular complexity index is 1250. The molecule has 2 aliphatic heterocycles. The summed E-state index contributed by atoms with van der Waals surface area (Å²) in [5.74, 6) is -0.366. The predicted octanol–water partition coefficient (Wildman–Crippen LogP) is 2.02. The molecule has 1 aliphatic carbocycles. The number of fused-ring (bicyclic) bond motifs is 3. The van der Waals surface area contributed by atoms with E-state index in [1.54, 1.807) is 4.90 Å². The Hall–Kier alpha value is -3.61. The van der Waals surface area contributed by atoms with E-state index in [0.717, 1.165) is 41.3 Å². The molecule has 3 heterocycles. The highest BCUT2D eigenvalue weighted by Crippen LogP contribution is 2.50. The molecule has 3 aliphatic rings. The monoisotopic (exact) mass is 442 g/mol. The first-order valence-corrected chi connectivity index (χ1v) is 11.6. The van der Waals surface area contributed by atoms with Crippen molar-refractivity contribution in [1.82, 2.24) is 20.1 Å². The van der Waals surface area contributed by atoms with E-state index in [1.807, 2.05) is 65.7 Å². The Balaban J connectivity index is 1.23. The number of amides is 3. The van der Waals surface area contributed by atoms with E-state index >= 15 is 0 Å². The third-order valence-corrected chi connectivity index (χ3v) is 7.44. The summed E-state index contributed by atoms with van der Waals surface area (Å²) in [7, 11) is 0. The van der Waals surface area contributed by atoms with Crippen LogP contribution in [0.4, 0.5) is 0 Å². The minimum Gasteiger partial charge on any atom is -0.361 e. The number of rotatable bonds is 5. The number of H-pyrrole nitrogens is 1. The SMILES string of the molecule is O=C1N[C@@H](Cc2c[nH]c3ccccc23)C(=O)N2CC(=O)N(CCc3ccccc3)C3(CC3)[C@@H]12. The largest absolute Gasteiger partial charge is 0.361 e. The van der Waals surface area contributed by atoms with Crippen LogP contribution in [0.15, 0.2) is 60.8 Å². The average molecular weight is 443 g/mol. The van der Waals surface area contributed by atoms with E-state index in [2.05, 4.69) is 10.3 Å². The highest BCUT2D eigenvalue weighted by molar-refractivity contribution is 6.02. The van der Waals surface area contributed by atoms with Gasteiger partial charge in [0.2, 0.25) is 17.7 Å². The molecule has 1 aromatic heterocycles. The van der Waals surface area contributed by atoms with Gasteiger partial charge in [-0.3, -0.25) is 14.4 Å². The summed E-state index contributed by atoms with van der Waals surface area (Å²) in [6.45, 7) is 0.533. The van der Waals surface area contributed by atoms with E-state index in [4.69, 9.17) is 0 Å². The third kappa shape index (κ3) is 3.22. The number of carbonyl (C=O) groups is 3. The Morgan fingerprint density at radius 3 is 2.52 bits per heavy atom. The Morgan fingerprint density at radius 1 is 0.970 bits per heavy atom. The first-order chi connectivity index (χ1) is 16.1. The molecule has 1 spiro atoms. The van der Waals surface area contributed by atoms with E-state index < -0.39 is 17.6 Å². The van der Waals surface area contributed by atoms with Gasteiger partial charge in [-0.2, -0.15) is 0 Å². The highest BCUT2D eigenvalue weighted by atomic mass is 16.2. The van der Waals surface area contributed by atoms with Crippen LogP contribution in [0.25, 0.3) is 10.9 Å². The lowest BCUT2D eigenvalue weighted by Gasteiger charge is -2.50. The number of nitrogens with one attached hydrogen (secondary N) is 2. The minimum atomic E-state index is -0.660. The van der Waals surface area contributed by atoms with Gasteiger partial charge in [0.05, 0.1) is 5.54 Å². The Kier molecular flexibility index (Phi) is 4.54. The van der Waals surface area contributed by atoms with Crippen molar-refractivity contribution >= 4 is 28.6 Å². The molecule has 3 aromatic rings. The van der Waals surface area contributed by atoms with Crippen molar-refractivity contribution in [3.05, 3.63) is 71.9 Å². The Morgan fingerprint density at radius 2 is 1.73 bits per heavy atom. The molecule has 6 rings (SSSR count). The molecule has 2 N–H and O–H groups in total. The molecule has 7 nitrogen and oxygen atoms in total. The van der Waals surface area contributed by atoms with Crippen LogP contribution in [0, 0.1) is 0 Å². The number of para-hydroxylation sites is 1. The predicted molar refractivity (Wildman–Crippen MR) is 123 cm³/mol. The maximum Gasteiger partial charge on any atom is 0.246 e. The lowest BCUT2D eigenvalue weighted by atomic mass is 9.91. The number of hydrogen-bond acceptors (Lipinski definition) is 3. The van der Waals surface area contributed by atoms with Crippen LogP contribution in [0.5, 0.6) is 0 Å². The zero-order valence-electron chi connectivity index (χ0n) is 18.3. The second-order valence-electron chi connectivity index (χ2n) is 9.38. The van der Waals surface area contributed by atoms with Crippen molar-refractivity contribution in [3.63, 3.8) is 0 Å². The lowest BCUT2D eigenvalue weighted by molar-refractivity contribution is -0.166. The van der Waals surface area contributed by atoms with Gasteiger partial charge in [-0.15, -0.1) is 0 Å². The molecular weight excluding hydrogens is 416 g/mol. The molecule has 2 saturated heterocycles. The maximum atomic E-state index is 13.4. The van der Waals surface area contributed by atoms with Gasteiger partial charge in [0.25, 0.3) is 0 Å². The number of aromatic nitrogens is 1. The van der Waals surface area contributed by atoms with Gasteiger partial charge in [0.15, 0.2) is 0 Å². The second-order valence-corrected chi connectivity index (χ2v) is 9.38. The molecule has 1 saturated carbocycles. The van der Waals surface area contributed by atoms with Gasteiger partial charge >= 0.3 is 0 Å². The number of benzene rings is 2. The smallest absolute Gasteiger partial charge is 0.246 e. The van der Waals surface area contributed by atoms with Crippen LogP contribution in [0.3, 0.4) is 0 Å².